The molecule has 0 saturated heterocycles. The first kappa shape index (κ1) is 18.1. The van der Waals surface area contributed by atoms with Gasteiger partial charge in [-0.05, 0) is 49.4 Å². The van der Waals surface area contributed by atoms with E-state index in [4.69, 9.17) is 11.6 Å². The predicted molar refractivity (Wildman–Crippen MR) is 100 cm³/mol. The predicted octanol–water partition coefficient (Wildman–Crippen LogP) is 6.53. The highest BCUT2D eigenvalue weighted by molar-refractivity contribution is 7.98. The van der Waals surface area contributed by atoms with Gasteiger partial charge in [0.25, 0.3) is 0 Å². The van der Waals surface area contributed by atoms with Gasteiger partial charge in [0, 0.05) is 9.77 Å². The summed E-state index contributed by atoms with van der Waals surface area (Å²) in [6.07, 6.45) is 0.0640. The Balaban J connectivity index is 1.58. The molecule has 26 heavy (non-hydrogen) atoms. The van der Waals surface area contributed by atoms with Crippen molar-refractivity contribution in [2.24, 2.45) is 0 Å². The van der Waals surface area contributed by atoms with Gasteiger partial charge < -0.3 is 0 Å². The smallest absolute Gasteiger partial charge is 0.221 e. The van der Waals surface area contributed by atoms with Gasteiger partial charge in [0.2, 0.25) is 0 Å². The number of aryl methyl sites for hydroxylation is 2. The zero-order valence-electron chi connectivity index (χ0n) is 13.6. The highest BCUT2D eigenvalue weighted by Gasteiger charge is 2.30. The lowest BCUT2D eigenvalue weighted by molar-refractivity contribution is -0.137. The zero-order chi connectivity index (χ0) is 18.3. The maximum atomic E-state index is 12.8. The summed E-state index contributed by atoms with van der Waals surface area (Å²) in [5.41, 5.74) is 0.626. The van der Waals surface area contributed by atoms with Gasteiger partial charge >= 0.3 is 6.18 Å². The molecular formula is C18H14ClF3N2S2. The van der Waals surface area contributed by atoms with Gasteiger partial charge in [-0.2, -0.15) is 13.2 Å². The largest absolute Gasteiger partial charge is 0.416 e. The van der Waals surface area contributed by atoms with Crippen molar-refractivity contribution in [1.82, 2.24) is 9.97 Å². The maximum Gasteiger partial charge on any atom is 0.416 e. The molecule has 1 aliphatic rings. The lowest BCUT2D eigenvalue weighted by atomic mass is 9.97. The van der Waals surface area contributed by atoms with Crippen LogP contribution in [0.15, 0.2) is 29.2 Å². The van der Waals surface area contributed by atoms with Crippen LogP contribution in [-0.4, -0.2) is 9.97 Å². The minimum Gasteiger partial charge on any atom is -0.221 e. The minimum absolute atomic E-state index is 0.375. The van der Waals surface area contributed by atoms with E-state index in [0.29, 0.717) is 21.6 Å². The lowest BCUT2D eigenvalue weighted by Gasteiger charge is -2.10. The Morgan fingerprint density at radius 1 is 1.15 bits per heavy atom. The minimum atomic E-state index is -4.34. The number of hydrogen-bond acceptors (Lipinski definition) is 4. The van der Waals surface area contributed by atoms with Crippen molar-refractivity contribution in [2.45, 2.75) is 42.5 Å². The molecule has 2 nitrogen and oxygen atoms in total. The van der Waals surface area contributed by atoms with Gasteiger partial charge in [0.05, 0.1) is 16.7 Å². The molecule has 1 aromatic carbocycles. The van der Waals surface area contributed by atoms with E-state index in [2.05, 4.69) is 9.97 Å². The van der Waals surface area contributed by atoms with Gasteiger partial charge in [-0.25, -0.2) is 9.97 Å². The van der Waals surface area contributed by atoms with E-state index in [1.807, 2.05) is 0 Å². The van der Waals surface area contributed by atoms with E-state index in [0.717, 1.165) is 41.6 Å². The quantitative estimate of drug-likeness (QED) is 0.359. The van der Waals surface area contributed by atoms with E-state index in [9.17, 15) is 13.2 Å². The summed E-state index contributed by atoms with van der Waals surface area (Å²) in [6, 6.07) is 5.29. The van der Waals surface area contributed by atoms with Gasteiger partial charge in [0.1, 0.15) is 15.8 Å². The zero-order valence-corrected chi connectivity index (χ0v) is 16.0. The molecular weight excluding hydrogens is 401 g/mol. The fourth-order valence-electron chi connectivity index (χ4n) is 3.13. The molecule has 1 aliphatic carbocycles. The van der Waals surface area contributed by atoms with E-state index < -0.39 is 11.7 Å². The van der Waals surface area contributed by atoms with Crippen LogP contribution in [0.5, 0.6) is 0 Å². The van der Waals surface area contributed by atoms with Crippen molar-refractivity contribution < 1.29 is 13.2 Å². The Bertz CT molecular complexity index is 969. The van der Waals surface area contributed by atoms with Crippen LogP contribution in [0.3, 0.4) is 0 Å². The average molecular weight is 415 g/mol. The molecule has 0 fully saturated rings. The van der Waals surface area contributed by atoms with E-state index in [1.165, 1.54) is 34.7 Å². The van der Waals surface area contributed by atoms with Crippen LogP contribution in [0.2, 0.25) is 5.15 Å². The fraction of sp³-hybridized carbons (Fsp3) is 0.333. The first-order valence-corrected chi connectivity index (χ1v) is 10.4. The molecule has 3 aromatic rings. The molecule has 4 rings (SSSR count). The summed E-state index contributed by atoms with van der Waals surface area (Å²) in [5.74, 6) is 0.919. The second-order valence-corrected chi connectivity index (χ2v) is 8.63. The van der Waals surface area contributed by atoms with Gasteiger partial charge in [-0.15, -0.1) is 23.1 Å². The van der Waals surface area contributed by atoms with Crippen LogP contribution in [0, 0.1) is 0 Å². The Morgan fingerprint density at radius 2 is 1.96 bits per heavy atom. The van der Waals surface area contributed by atoms with Crippen LogP contribution in [0.4, 0.5) is 13.2 Å². The number of thiophene rings is 1. The van der Waals surface area contributed by atoms with E-state index in [-0.39, 0.29) is 0 Å². The fourth-order valence-corrected chi connectivity index (χ4v) is 5.58. The molecule has 0 bridgehead atoms. The molecule has 0 N–H and O–H groups in total. The number of halogens is 4. The number of benzene rings is 1. The van der Waals surface area contributed by atoms with Crippen molar-refractivity contribution in [3.63, 3.8) is 0 Å². The summed E-state index contributed by atoms with van der Waals surface area (Å²) in [5, 5.41) is 1.41. The molecule has 0 atom stereocenters. The topological polar surface area (TPSA) is 25.8 Å². The number of nitrogens with zero attached hydrogens (tertiary/aromatic N) is 2. The maximum absolute atomic E-state index is 12.8. The number of hydrogen-bond donors (Lipinski definition) is 0. The number of alkyl halides is 3. The molecule has 0 radical (unpaired) electrons. The molecule has 8 heteroatoms. The molecule has 2 heterocycles. The molecule has 0 saturated carbocycles. The molecule has 2 aromatic heterocycles. The molecule has 136 valence electrons. The van der Waals surface area contributed by atoms with Crippen LogP contribution in [-0.2, 0) is 24.8 Å². The van der Waals surface area contributed by atoms with Crippen LogP contribution >= 0.6 is 34.7 Å². The Kier molecular flexibility index (Phi) is 4.88. The van der Waals surface area contributed by atoms with Crippen molar-refractivity contribution in [2.75, 3.05) is 0 Å². The van der Waals surface area contributed by atoms with Gasteiger partial charge in [0.15, 0.2) is 0 Å². The monoisotopic (exact) mass is 414 g/mol. The first-order chi connectivity index (χ1) is 12.4. The number of rotatable bonds is 3. The third kappa shape index (κ3) is 3.57. The molecule has 0 spiro atoms. The van der Waals surface area contributed by atoms with Gasteiger partial charge in [-0.3, -0.25) is 0 Å². The Labute approximate surface area is 161 Å². The molecule has 0 aliphatic heterocycles. The van der Waals surface area contributed by atoms with Crippen molar-refractivity contribution in [3.8, 4) is 0 Å². The summed E-state index contributed by atoms with van der Waals surface area (Å²) in [4.78, 5) is 11.7. The number of aromatic nitrogens is 2. The van der Waals surface area contributed by atoms with Crippen LogP contribution < -0.4 is 0 Å². The standard InChI is InChI=1S/C18H14ClF3N2S2/c19-16-15-12-6-1-2-7-13(12)26-17(15)24-14(23-16)9-25-11-5-3-4-10(8-11)18(20,21)22/h3-5,8H,1-2,6-7,9H2. The summed E-state index contributed by atoms with van der Waals surface area (Å²) in [7, 11) is 0. The summed E-state index contributed by atoms with van der Waals surface area (Å²) >= 11 is 9.34. The Hall–Kier alpha value is -1.31. The molecule has 0 amide bonds. The highest BCUT2D eigenvalue weighted by atomic mass is 35.5. The third-order valence-electron chi connectivity index (χ3n) is 4.35. The van der Waals surface area contributed by atoms with Crippen molar-refractivity contribution in [1.29, 1.82) is 0 Å². The first-order valence-electron chi connectivity index (χ1n) is 8.18. The van der Waals surface area contributed by atoms with Crippen molar-refractivity contribution in [3.05, 3.63) is 51.2 Å². The van der Waals surface area contributed by atoms with Crippen LogP contribution in [0.1, 0.15) is 34.7 Å². The SMILES string of the molecule is FC(F)(F)c1cccc(SCc2nc(Cl)c3c4c(sc3n2)CCCC4)c1. The number of thioether (sulfide) groups is 1. The van der Waals surface area contributed by atoms with Gasteiger partial charge in [-0.1, -0.05) is 17.7 Å². The lowest BCUT2D eigenvalue weighted by Crippen LogP contribution is -2.04. The Morgan fingerprint density at radius 3 is 2.77 bits per heavy atom. The normalized spacial score (nSPS) is 14.6. The summed E-state index contributed by atoms with van der Waals surface area (Å²) in [6.45, 7) is 0. The third-order valence-corrected chi connectivity index (χ3v) is 6.80. The van der Waals surface area contributed by atoms with E-state index in [1.54, 1.807) is 17.4 Å². The van der Waals surface area contributed by atoms with Crippen molar-refractivity contribution >= 4 is 44.9 Å². The second-order valence-electron chi connectivity index (χ2n) is 6.14. The molecule has 0 unspecified atom stereocenters. The number of fused-ring (bicyclic) bond motifs is 3. The van der Waals surface area contributed by atoms with E-state index >= 15 is 0 Å². The highest BCUT2D eigenvalue weighted by Crippen LogP contribution is 2.39. The second kappa shape index (κ2) is 7.02. The summed E-state index contributed by atoms with van der Waals surface area (Å²) < 4.78 is 38.5. The average Bonchev–Trinajstić information content (AvgIpc) is 2.98. The van der Waals surface area contributed by atoms with Crippen LogP contribution in [0.25, 0.3) is 10.2 Å².